The first-order chi connectivity index (χ1) is 30.8. The highest BCUT2D eigenvalue weighted by Crippen LogP contribution is 2.31. The molecule has 0 saturated heterocycles. The van der Waals surface area contributed by atoms with Gasteiger partial charge in [-0.2, -0.15) is 10.5 Å². The molecule has 2 aliphatic heterocycles. The Labute approximate surface area is 371 Å². The molecule has 6 heterocycles. The van der Waals surface area contributed by atoms with E-state index in [2.05, 4.69) is 87.5 Å². The van der Waals surface area contributed by atoms with Gasteiger partial charge in [-0.05, 0) is 84.6 Å². The van der Waals surface area contributed by atoms with Gasteiger partial charge in [-0.1, -0.05) is 60.1 Å². The first kappa shape index (κ1) is 42.2. The van der Waals surface area contributed by atoms with Gasteiger partial charge in [0.25, 0.3) is 0 Å². The monoisotopic (exact) mass is 848 g/mol. The van der Waals surface area contributed by atoms with Crippen molar-refractivity contribution in [2.24, 2.45) is 5.73 Å². The predicted molar refractivity (Wildman–Crippen MR) is 249 cm³/mol. The van der Waals surface area contributed by atoms with Crippen molar-refractivity contribution >= 4 is 50.6 Å². The molecule has 8 aromatic rings. The van der Waals surface area contributed by atoms with Crippen LogP contribution in [-0.2, 0) is 39.0 Å². The van der Waals surface area contributed by atoms with E-state index in [9.17, 15) is 10.5 Å². The fraction of sp³-hybridized carbons (Fsp3) is 0.200. The van der Waals surface area contributed by atoms with Crippen LogP contribution in [0.2, 0.25) is 5.15 Å². The number of benzene rings is 4. The number of halogens is 1. The number of fused-ring (bicyclic) bond motifs is 4. The second-order valence-corrected chi connectivity index (χ2v) is 15.8. The van der Waals surface area contributed by atoms with Crippen molar-refractivity contribution in [2.45, 2.75) is 52.9 Å². The SMILES string of the molecule is Cc1ccc(N2CCc3ncnc(Cl)c3C2)c(C#N)c1.Cc1ccc(N2CCc3ncnc(NCc4ccc5cccnc5c4)c3C2)c(C#N)c1.NCc1ccc2cccnc2c1. The van der Waals surface area contributed by atoms with Crippen LogP contribution in [-0.4, -0.2) is 43.0 Å². The number of hydrogen-bond donors (Lipinski definition) is 2. The molecule has 2 aliphatic rings. The Balaban J connectivity index is 0.000000145. The van der Waals surface area contributed by atoms with Crippen LogP contribution >= 0.6 is 11.6 Å². The molecule has 12 nitrogen and oxygen atoms in total. The Bertz CT molecular complexity index is 3010. The number of nitrogens with zero attached hydrogens (tertiary/aromatic N) is 10. The number of pyridine rings is 2. The summed E-state index contributed by atoms with van der Waals surface area (Å²) in [6, 6.07) is 37.0. The maximum Gasteiger partial charge on any atom is 0.137 e. The lowest BCUT2D eigenvalue weighted by Gasteiger charge is -2.31. The zero-order chi connectivity index (χ0) is 43.7. The number of aryl methyl sites for hydroxylation is 2. The minimum atomic E-state index is 0.505. The van der Waals surface area contributed by atoms with E-state index in [0.29, 0.717) is 42.5 Å². The van der Waals surface area contributed by atoms with Crippen molar-refractivity contribution in [3.63, 3.8) is 0 Å². The Morgan fingerprint density at radius 2 is 1.17 bits per heavy atom. The number of anilines is 3. The predicted octanol–water partition coefficient (Wildman–Crippen LogP) is 8.95. The molecule has 312 valence electrons. The lowest BCUT2D eigenvalue weighted by Crippen LogP contribution is -2.32. The third-order valence-electron chi connectivity index (χ3n) is 11.2. The third kappa shape index (κ3) is 9.84. The van der Waals surface area contributed by atoms with Crippen LogP contribution in [0.3, 0.4) is 0 Å². The lowest BCUT2D eigenvalue weighted by atomic mass is 10.0. The summed E-state index contributed by atoms with van der Waals surface area (Å²) in [4.78, 5) is 30.4. The molecule has 10 rings (SSSR count). The van der Waals surface area contributed by atoms with Crippen molar-refractivity contribution in [1.82, 2.24) is 29.9 Å². The van der Waals surface area contributed by atoms with Gasteiger partial charge in [0.1, 0.15) is 35.8 Å². The summed E-state index contributed by atoms with van der Waals surface area (Å²) in [7, 11) is 0. The molecular weight excluding hydrogens is 804 g/mol. The number of hydrogen-bond acceptors (Lipinski definition) is 12. The van der Waals surface area contributed by atoms with E-state index in [1.165, 1.54) is 6.33 Å². The first-order valence-electron chi connectivity index (χ1n) is 20.7. The Morgan fingerprint density at radius 3 is 1.76 bits per heavy atom. The highest BCUT2D eigenvalue weighted by Gasteiger charge is 2.24. The van der Waals surface area contributed by atoms with Gasteiger partial charge in [-0.15, -0.1) is 0 Å². The van der Waals surface area contributed by atoms with Crippen LogP contribution in [0.15, 0.2) is 122 Å². The standard InChI is InChI=1S/C25H22N6.C15H13ClN4.C10H10N2/c1-17-4-7-24(20(11-17)13-26)31-10-8-22-21(15-31)25(30-16-29-22)28-14-18-5-6-19-3-2-9-27-23(19)12-18;1-10-2-3-14(11(6-10)7-17)20-5-4-13-12(8-20)15(16)19-9-18-13;11-7-8-3-4-9-2-1-5-12-10(9)6-8/h2-7,9,11-12,16H,8,10,14-15H2,1H3,(H,28,29,30);2-3,6,9H,4-5,8H2,1H3;1-6H,7,11H2. The normalized spacial score (nSPS) is 12.7. The van der Waals surface area contributed by atoms with E-state index in [0.717, 1.165) is 110 Å². The highest BCUT2D eigenvalue weighted by atomic mass is 35.5. The average molecular weight is 849 g/mol. The Kier molecular flexibility index (Phi) is 13.0. The molecule has 4 aromatic heterocycles. The topological polar surface area (TPSA) is 169 Å². The summed E-state index contributed by atoms with van der Waals surface area (Å²) in [6.07, 6.45) is 8.38. The van der Waals surface area contributed by atoms with Crippen LogP contribution in [0.5, 0.6) is 0 Å². The van der Waals surface area contributed by atoms with E-state index in [1.54, 1.807) is 12.5 Å². The molecule has 0 unspecified atom stereocenters. The molecule has 63 heavy (non-hydrogen) atoms. The van der Waals surface area contributed by atoms with Crippen LogP contribution in [0.25, 0.3) is 21.8 Å². The molecule has 0 bridgehead atoms. The van der Waals surface area contributed by atoms with Gasteiger partial charge >= 0.3 is 0 Å². The molecule has 0 spiro atoms. The van der Waals surface area contributed by atoms with Crippen LogP contribution in [0.1, 0.15) is 55.9 Å². The third-order valence-corrected chi connectivity index (χ3v) is 11.5. The number of nitriles is 2. The van der Waals surface area contributed by atoms with E-state index in [-0.39, 0.29) is 0 Å². The molecule has 0 radical (unpaired) electrons. The van der Waals surface area contributed by atoms with Crippen LogP contribution in [0, 0.1) is 36.5 Å². The second-order valence-electron chi connectivity index (χ2n) is 15.5. The van der Waals surface area contributed by atoms with Crippen LogP contribution in [0.4, 0.5) is 17.2 Å². The summed E-state index contributed by atoms with van der Waals surface area (Å²) in [5, 5.41) is 25.2. The Hall–Kier alpha value is -7.51. The number of aromatic nitrogens is 6. The molecule has 0 amide bonds. The maximum atomic E-state index is 9.59. The number of rotatable bonds is 6. The van der Waals surface area contributed by atoms with Gasteiger partial charge in [-0.3, -0.25) is 9.97 Å². The van der Waals surface area contributed by atoms with Gasteiger partial charge < -0.3 is 20.9 Å². The quantitative estimate of drug-likeness (QED) is 0.153. The summed E-state index contributed by atoms with van der Waals surface area (Å²) in [6.45, 7) is 8.21. The summed E-state index contributed by atoms with van der Waals surface area (Å²) < 4.78 is 0. The summed E-state index contributed by atoms with van der Waals surface area (Å²) in [5.41, 5.74) is 19.4. The molecule has 0 saturated carbocycles. The van der Waals surface area contributed by atoms with Gasteiger partial charge in [0, 0.05) is 86.4 Å². The van der Waals surface area contributed by atoms with Gasteiger partial charge in [0.2, 0.25) is 0 Å². The molecule has 0 atom stereocenters. The number of nitrogens with two attached hydrogens (primary N) is 1. The molecule has 0 fully saturated rings. The largest absolute Gasteiger partial charge is 0.366 e. The van der Waals surface area contributed by atoms with Crippen molar-refractivity contribution in [3.8, 4) is 12.1 Å². The number of nitrogens with one attached hydrogen (secondary N) is 1. The van der Waals surface area contributed by atoms with Crippen molar-refractivity contribution in [3.05, 3.63) is 183 Å². The van der Waals surface area contributed by atoms with E-state index >= 15 is 0 Å². The van der Waals surface area contributed by atoms with E-state index in [1.807, 2.05) is 86.8 Å². The molecule has 4 aromatic carbocycles. The summed E-state index contributed by atoms with van der Waals surface area (Å²) in [5.74, 6) is 0.849. The first-order valence-corrected chi connectivity index (χ1v) is 21.1. The molecule has 0 aliphatic carbocycles. The van der Waals surface area contributed by atoms with Crippen molar-refractivity contribution < 1.29 is 0 Å². The van der Waals surface area contributed by atoms with Crippen LogP contribution < -0.4 is 20.9 Å². The smallest absolute Gasteiger partial charge is 0.137 e. The molecule has 13 heteroatoms. The van der Waals surface area contributed by atoms with Gasteiger partial charge in [0.15, 0.2) is 0 Å². The van der Waals surface area contributed by atoms with Crippen molar-refractivity contribution in [2.75, 3.05) is 28.2 Å². The molecular formula is C50H45ClN12. The fourth-order valence-corrected chi connectivity index (χ4v) is 8.10. The average Bonchev–Trinajstić information content (AvgIpc) is 3.33. The zero-order valence-corrected chi connectivity index (χ0v) is 35.9. The Morgan fingerprint density at radius 1 is 0.635 bits per heavy atom. The van der Waals surface area contributed by atoms with E-state index < -0.39 is 0 Å². The minimum absolute atomic E-state index is 0.505. The lowest BCUT2D eigenvalue weighted by molar-refractivity contribution is 0.704. The molecule has 3 N–H and O–H groups in total. The maximum absolute atomic E-state index is 9.59. The second kappa shape index (κ2) is 19.5. The van der Waals surface area contributed by atoms with Gasteiger partial charge in [-0.25, -0.2) is 19.9 Å². The van der Waals surface area contributed by atoms with Crippen molar-refractivity contribution in [1.29, 1.82) is 10.5 Å². The highest BCUT2D eigenvalue weighted by molar-refractivity contribution is 6.30. The fourth-order valence-electron chi connectivity index (χ4n) is 7.89. The summed E-state index contributed by atoms with van der Waals surface area (Å²) >= 11 is 6.15. The zero-order valence-electron chi connectivity index (χ0n) is 35.1. The minimum Gasteiger partial charge on any atom is -0.366 e. The van der Waals surface area contributed by atoms with E-state index in [4.69, 9.17) is 17.3 Å². The van der Waals surface area contributed by atoms with Gasteiger partial charge in [0.05, 0.1) is 44.9 Å².